The maximum absolute atomic E-state index is 13.4. The average molecular weight is 487 g/mol. The molecular weight excluding hydrogens is 456 g/mol. The van der Waals surface area contributed by atoms with Gasteiger partial charge in [0.05, 0.1) is 25.1 Å². The van der Waals surface area contributed by atoms with E-state index in [2.05, 4.69) is 0 Å². The van der Waals surface area contributed by atoms with Gasteiger partial charge in [0.15, 0.2) is 0 Å². The number of thiophene rings is 1. The molecular formula is C25H30N2O4S2. The lowest BCUT2D eigenvalue weighted by molar-refractivity contribution is -0.132. The Morgan fingerprint density at radius 3 is 2.24 bits per heavy atom. The van der Waals surface area contributed by atoms with Crippen molar-refractivity contribution in [2.24, 2.45) is 5.92 Å². The third-order valence-electron chi connectivity index (χ3n) is 5.07. The first-order chi connectivity index (χ1) is 15.8. The molecule has 0 N–H and O–H groups in total. The van der Waals surface area contributed by atoms with Gasteiger partial charge in [-0.1, -0.05) is 50.2 Å². The molecule has 0 spiro atoms. The fourth-order valence-electron chi connectivity index (χ4n) is 3.43. The van der Waals surface area contributed by atoms with E-state index in [-0.39, 0.29) is 29.8 Å². The normalized spacial score (nSPS) is 11.7. The summed E-state index contributed by atoms with van der Waals surface area (Å²) >= 11 is 1.58. The van der Waals surface area contributed by atoms with Crippen LogP contribution >= 0.6 is 11.3 Å². The average Bonchev–Trinajstić information content (AvgIpc) is 3.32. The van der Waals surface area contributed by atoms with E-state index in [0.717, 1.165) is 10.4 Å². The summed E-state index contributed by atoms with van der Waals surface area (Å²) < 4.78 is 33.3. The Hall–Kier alpha value is -2.68. The number of methoxy groups -OCH3 is 1. The van der Waals surface area contributed by atoms with Gasteiger partial charge < -0.3 is 9.64 Å². The molecule has 3 aromatic rings. The van der Waals surface area contributed by atoms with Gasteiger partial charge in [0, 0.05) is 18.0 Å². The lowest BCUT2D eigenvalue weighted by Gasteiger charge is -2.28. The third-order valence-corrected chi connectivity index (χ3v) is 7.76. The van der Waals surface area contributed by atoms with E-state index in [4.69, 9.17) is 4.74 Å². The fourth-order valence-corrected chi connectivity index (χ4v) is 5.70. The summed E-state index contributed by atoms with van der Waals surface area (Å²) in [6.45, 7) is 4.75. The molecule has 0 bridgehead atoms. The molecule has 0 unspecified atom stereocenters. The molecule has 0 saturated heterocycles. The zero-order valence-electron chi connectivity index (χ0n) is 19.2. The van der Waals surface area contributed by atoms with Crippen molar-refractivity contribution < 1.29 is 17.9 Å². The van der Waals surface area contributed by atoms with Crippen LogP contribution in [0.5, 0.6) is 5.75 Å². The standard InChI is InChI=1S/C25H30N2O4S2/c1-20(2)16-27(33(29,30)24-13-11-22(31-3)12-14-24)19-25(28)26(18-23-10-7-15-32-23)17-21-8-5-4-6-9-21/h4-15,20H,16-19H2,1-3H3. The molecule has 8 heteroatoms. The minimum absolute atomic E-state index is 0.0608. The van der Waals surface area contributed by atoms with Gasteiger partial charge in [-0.05, 0) is 47.2 Å². The van der Waals surface area contributed by atoms with Crippen molar-refractivity contribution >= 4 is 27.3 Å². The topological polar surface area (TPSA) is 66.9 Å². The number of hydrogen-bond acceptors (Lipinski definition) is 5. The second kappa shape index (κ2) is 11.4. The largest absolute Gasteiger partial charge is 0.497 e. The van der Waals surface area contributed by atoms with Crippen molar-refractivity contribution in [3.8, 4) is 5.75 Å². The molecule has 0 fully saturated rings. The van der Waals surface area contributed by atoms with Crippen molar-refractivity contribution in [2.75, 3.05) is 20.2 Å². The second-order valence-electron chi connectivity index (χ2n) is 8.18. The van der Waals surface area contributed by atoms with E-state index in [1.54, 1.807) is 28.4 Å². The highest BCUT2D eigenvalue weighted by Crippen LogP contribution is 2.22. The second-order valence-corrected chi connectivity index (χ2v) is 11.2. The van der Waals surface area contributed by atoms with Crippen LogP contribution in [0.4, 0.5) is 0 Å². The first kappa shape index (κ1) is 25.0. The Balaban J connectivity index is 1.85. The molecule has 1 aromatic heterocycles. The monoisotopic (exact) mass is 486 g/mol. The van der Waals surface area contributed by atoms with E-state index < -0.39 is 10.0 Å². The highest BCUT2D eigenvalue weighted by molar-refractivity contribution is 7.89. The van der Waals surface area contributed by atoms with Crippen molar-refractivity contribution in [3.63, 3.8) is 0 Å². The van der Waals surface area contributed by atoms with Gasteiger partial charge >= 0.3 is 0 Å². The minimum atomic E-state index is -3.85. The van der Waals surface area contributed by atoms with Crippen LogP contribution in [-0.2, 0) is 27.9 Å². The summed E-state index contributed by atoms with van der Waals surface area (Å²) in [4.78, 5) is 16.4. The number of sulfonamides is 1. The van der Waals surface area contributed by atoms with Crippen LogP contribution in [0.2, 0.25) is 0 Å². The van der Waals surface area contributed by atoms with Crippen LogP contribution in [-0.4, -0.2) is 43.7 Å². The van der Waals surface area contributed by atoms with Crippen LogP contribution in [0.1, 0.15) is 24.3 Å². The SMILES string of the molecule is COc1ccc(S(=O)(=O)N(CC(=O)N(Cc2ccccc2)Cc2cccs2)CC(C)C)cc1. The summed E-state index contributed by atoms with van der Waals surface area (Å²) in [5.41, 5.74) is 0.996. The van der Waals surface area contributed by atoms with E-state index in [1.165, 1.54) is 23.5 Å². The van der Waals surface area contributed by atoms with Gasteiger partial charge in [-0.2, -0.15) is 4.31 Å². The summed E-state index contributed by atoms with van der Waals surface area (Å²) in [6, 6.07) is 19.9. The maximum Gasteiger partial charge on any atom is 0.243 e. The zero-order chi connectivity index (χ0) is 23.8. The van der Waals surface area contributed by atoms with Gasteiger partial charge in [-0.15, -0.1) is 11.3 Å². The first-order valence-corrected chi connectivity index (χ1v) is 13.1. The molecule has 0 atom stereocenters. The van der Waals surface area contributed by atoms with Gasteiger partial charge in [-0.3, -0.25) is 4.79 Å². The Labute approximate surface area is 200 Å². The number of ether oxygens (including phenoxy) is 1. The quantitative estimate of drug-likeness (QED) is 0.396. The molecule has 1 heterocycles. The summed E-state index contributed by atoms with van der Waals surface area (Å²) in [5, 5.41) is 1.97. The highest BCUT2D eigenvalue weighted by Gasteiger charge is 2.29. The fraction of sp³-hybridized carbons (Fsp3) is 0.320. The summed E-state index contributed by atoms with van der Waals surface area (Å²) in [6.07, 6.45) is 0. The molecule has 2 aromatic carbocycles. The van der Waals surface area contributed by atoms with Gasteiger partial charge in [0.2, 0.25) is 15.9 Å². The van der Waals surface area contributed by atoms with Gasteiger partial charge in [-0.25, -0.2) is 8.42 Å². The van der Waals surface area contributed by atoms with Crippen molar-refractivity contribution in [1.82, 2.24) is 9.21 Å². The van der Waals surface area contributed by atoms with Crippen LogP contribution < -0.4 is 4.74 Å². The predicted molar refractivity (Wildman–Crippen MR) is 132 cm³/mol. The number of benzene rings is 2. The van der Waals surface area contributed by atoms with E-state index in [0.29, 0.717) is 18.8 Å². The Kier molecular flexibility index (Phi) is 8.66. The molecule has 0 radical (unpaired) electrons. The number of amides is 1. The van der Waals surface area contributed by atoms with E-state index in [9.17, 15) is 13.2 Å². The van der Waals surface area contributed by atoms with Crippen LogP contribution in [0.25, 0.3) is 0 Å². The molecule has 3 rings (SSSR count). The molecule has 0 saturated carbocycles. The zero-order valence-corrected chi connectivity index (χ0v) is 20.8. The number of nitrogens with zero attached hydrogens (tertiary/aromatic N) is 2. The van der Waals surface area contributed by atoms with Gasteiger partial charge in [0.25, 0.3) is 0 Å². The van der Waals surface area contributed by atoms with E-state index in [1.807, 2.05) is 61.7 Å². The molecule has 176 valence electrons. The number of rotatable bonds is 11. The number of hydrogen-bond donors (Lipinski definition) is 0. The molecule has 0 aliphatic rings. The van der Waals surface area contributed by atoms with Crippen molar-refractivity contribution in [1.29, 1.82) is 0 Å². The molecule has 0 aliphatic heterocycles. The summed E-state index contributed by atoms with van der Waals surface area (Å²) in [7, 11) is -2.32. The molecule has 6 nitrogen and oxygen atoms in total. The van der Waals surface area contributed by atoms with Crippen LogP contribution in [0.15, 0.2) is 77.0 Å². The lowest BCUT2D eigenvalue weighted by atomic mass is 10.2. The van der Waals surface area contributed by atoms with Gasteiger partial charge in [0.1, 0.15) is 5.75 Å². The Morgan fingerprint density at radius 1 is 0.970 bits per heavy atom. The molecule has 0 aliphatic carbocycles. The van der Waals surface area contributed by atoms with Crippen molar-refractivity contribution in [2.45, 2.75) is 31.8 Å². The lowest BCUT2D eigenvalue weighted by Crippen LogP contribution is -2.43. The predicted octanol–water partition coefficient (Wildman–Crippen LogP) is 4.63. The third kappa shape index (κ3) is 6.90. The Morgan fingerprint density at radius 2 is 1.67 bits per heavy atom. The minimum Gasteiger partial charge on any atom is -0.497 e. The Bertz CT molecular complexity index is 1110. The van der Waals surface area contributed by atoms with Crippen LogP contribution in [0.3, 0.4) is 0 Å². The molecule has 33 heavy (non-hydrogen) atoms. The van der Waals surface area contributed by atoms with Crippen molar-refractivity contribution in [3.05, 3.63) is 82.6 Å². The smallest absolute Gasteiger partial charge is 0.243 e. The van der Waals surface area contributed by atoms with E-state index >= 15 is 0 Å². The number of carbonyl (C=O) groups excluding carboxylic acids is 1. The maximum atomic E-state index is 13.4. The highest BCUT2D eigenvalue weighted by atomic mass is 32.2. The number of carbonyl (C=O) groups is 1. The first-order valence-electron chi connectivity index (χ1n) is 10.8. The summed E-state index contributed by atoms with van der Waals surface area (Å²) in [5.74, 6) is 0.404. The van der Waals surface area contributed by atoms with Crippen LogP contribution in [0, 0.1) is 5.92 Å². The molecule has 1 amide bonds.